The van der Waals surface area contributed by atoms with E-state index in [9.17, 15) is 19.7 Å². The maximum Gasteiger partial charge on any atom is 0.272 e. The van der Waals surface area contributed by atoms with E-state index in [4.69, 9.17) is 4.74 Å². The zero-order valence-electron chi connectivity index (χ0n) is 17.6. The van der Waals surface area contributed by atoms with Gasteiger partial charge in [-0.25, -0.2) is 0 Å². The second-order valence-corrected chi connectivity index (χ2v) is 7.45. The standard InChI is InChI=1S/C25H20N2O5/c1-16-7-8-18(14-23(16)27(30)31)13-22-20-5-3-4-6-21(20)24(28)26(25(22)29)15-17-9-11-19(32-2)12-10-17/h3-14H,15H2,1-2H3/b22-13-. The summed E-state index contributed by atoms with van der Waals surface area (Å²) in [6, 6.07) is 18.8. The Morgan fingerprint density at radius 3 is 2.31 bits per heavy atom. The van der Waals surface area contributed by atoms with E-state index >= 15 is 0 Å². The van der Waals surface area contributed by atoms with E-state index in [2.05, 4.69) is 0 Å². The minimum atomic E-state index is -0.451. The normalized spacial score (nSPS) is 14.4. The van der Waals surface area contributed by atoms with Gasteiger partial charge in [-0.15, -0.1) is 0 Å². The molecule has 32 heavy (non-hydrogen) atoms. The van der Waals surface area contributed by atoms with Crippen LogP contribution in [0.3, 0.4) is 0 Å². The lowest BCUT2D eigenvalue weighted by atomic mass is 9.91. The topological polar surface area (TPSA) is 89.8 Å². The summed E-state index contributed by atoms with van der Waals surface area (Å²) in [4.78, 5) is 38.6. The fraction of sp³-hybridized carbons (Fsp3) is 0.120. The Labute approximate surface area is 184 Å². The van der Waals surface area contributed by atoms with Crippen molar-refractivity contribution in [1.29, 1.82) is 0 Å². The highest BCUT2D eigenvalue weighted by Crippen LogP contribution is 2.32. The molecule has 1 aliphatic rings. The Kier molecular flexibility index (Phi) is 5.55. The van der Waals surface area contributed by atoms with Gasteiger partial charge in [-0.05, 0) is 47.9 Å². The summed E-state index contributed by atoms with van der Waals surface area (Å²) in [6.45, 7) is 1.76. The Morgan fingerprint density at radius 1 is 0.969 bits per heavy atom. The van der Waals surface area contributed by atoms with E-state index in [-0.39, 0.29) is 18.1 Å². The van der Waals surface area contributed by atoms with Crippen LogP contribution in [-0.4, -0.2) is 28.7 Å². The van der Waals surface area contributed by atoms with Crippen LogP contribution in [0.15, 0.2) is 66.7 Å². The molecule has 3 aromatic carbocycles. The molecule has 0 aliphatic carbocycles. The highest BCUT2D eigenvalue weighted by molar-refractivity contribution is 6.33. The molecule has 0 N–H and O–H groups in total. The molecule has 2 amide bonds. The van der Waals surface area contributed by atoms with Crippen LogP contribution in [0.1, 0.15) is 32.6 Å². The molecule has 1 aliphatic heterocycles. The van der Waals surface area contributed by atoms with Gasteiger partial charge in [-0.2, -0.15) is 0 Å². The van der Waals surface area contributed by atoms with Gasteiger partial charge in [0.15, 0.2) is 0 Å². The molecule has 7 heteroatoms. The maximum atomic E-state index is 13.4. The largest absolute Gasteiger partial charge is 0.497 e. The van der Waals surface area contributed by atoms with E-state index < -0.39 is 10.8 Å². The van der Waals surface area contributed by atoms with Gasteiger partial charge in [0.2, 0.25) is 0 Å². The summed E-state index contributed by atoms with van der Waals surface area (Å²) in [5.41, 5.74) is 3.03. The number of benzene rings is 3. The van der Waals surface area contributed by atoms with Crippen LogP contribution >= 0.6 is 0 Å². The molecule has 0 spiro atoms. The third-order valence-corrected chi connectivity index (χ3v) is 5.41. The van der Waals surface area contributed by atoms with Crippen LogP contribution in [0, 0.1) is 17.0 Å². The van der Waals surface area contributed by atoms with Crippen LogP contribution in [0.4, 0.5) is 5.69 Å². The molecule has 0 aromatic heterocycles. The van der Waals surface area contributed by atoms with E-state index in [1.807, 2.05) is 0 Å². The number of aryl methyl sites for hydroxylation is 1. The summed E-state index contributed by atoms with van der Waals surface area (Å²) >= 11 is 0. The van der Waals surface area contributed by atoms with Crippen LogP contribution < -0.4 is 4.74 Å². The Hall–Kier alpha value is -4.26. The Bertz CT molecular complexity index is 1260. The third kappa shape index (κ3) is 3.88. The number of ether oxygens (including phenoxy) is 1. The first-order chi connectivity index (χ1) is 15.4. The fourth-order valence-corrected chi connectivity index (χ4v) is 3.68. The van der Waals surface area contributed by atoms with Gasteiger partial charge in [0.25, 0.3) is 17.5 Å². The average Bonchev–Trinajstić information content (AvgIpc) is 2.80. The molecule has 0 saturated heterocycles. The first-order valence-electron chi connectivity index (χ1n) is 9.94. The number of methoxy groups -OCH3 is 1. The molecule has 3 aromatic rings. The van der Waals surface area contributed by atoms with Gasteiger partial charge in [-0.3, -0.25) is 24.6 Å². The number of rotatable bonds is 5. The van der Waals surface area contributed by atoms with Gasteiger partial charge in [0.05, 0.1) is 18.6 Å². The number of carbonyl (C=O) groups is 2. The number of hydrogen-bond acceptors (Lipinski definition) is 5. The second kappa shape index (κ2) is 8.47. The summed E-state index contributed by atoms with van der Waals surface area (Å²) < 4.78 is 5.16. The smallest absolute Gasteiger partial charge is 0.272 e. The number of nitro benzene ring substituents is 1. The number of fused-ring (bicyclic) bond motifs is 1. The van der Waals surface area contributed by atoms with Gasteiger partial charge < -0.3 is 4.74 Å². The fourth-order valence-electron chi connectivity index (χ4n) is 3.68. The molecule has 0 unspecified atom stereocenters. The molecule has 0 saturated carbocycles. The van der Waals surface area contributed by atoms with Gasteiger partial charge in [-0.1, -0.05) is 42.5 Å². The average molecular weight is 428 g/mol. The van der Waals surface area contributed by atoms with Crippen molar-refractivity contribution in [3.63, 3.8) is 0 Å². The number of imide groups is 1. The van der Waals surface area contributed by atoms with Crippen molar-refractivity contribution in [3.8, 4) is 5.75 Å². The molecule has 1 heterocycles. The Morgan fingerprint density at radius 2 is 1.66 bits per heavy atom. The lowest BCUT2D eigenvalue weighted by Crippen LogP contribution is -2.41. The lowest BCUT2D eigenvalue weighted by molar-refractivity contribution is -0.385. The van der Waals surface area contributed by atoms with E-state index in [0.29, 0.717) is 33.6 Å². The van der Waals surface area contributed by atoms with Crippen LogP contribution in [0.2, 0.25) is 0 Å². The van der Waals surface area contributed by atoms with Crippen LogP contribution in [0.5, 0.6) is 5.75 Å². The monoisotopic (exact) mass is 428 g/mol. The third-order valence-electron chi connectivity index (χ3n) is 5.41. The number of nitrogens with zero attached hydrogens (tertiary/aromatic N) is 2. The molecule has 0 bridgehead atoms. The molecule has 0 radical (unpaired) electrons. The van der Waals surface area contributed by atoms with Crippen molar-refractivity contribution in [1.82, 2.24) is 4.90 Å². The minimum Gasteiger partial charge on any atom is -0.497 e. The summed E-state index contributed by atoms with van der Waals surface area (Å²) in [7, 11) is 1.57. The molecule has 0 fully saturated rings. The van der Waals surface area contributed by atoms with Gasteiger partial charge in [0.1, 0.15) is 5.75 Å². The number of amides is 2. The first-order valence-corrected chi connectivity index (χ1v) is 9.94. The van der Waals surface area contributed by atoms with Crippen molar-refractivity contribution in [2.75, 3.05) is 7.11 Å². The number of nitro groups is 1. The number of hydrogen-bond donors (Lipinski definition) is 0. The minimum absolute atomic E-state index is 0.0259. The van der Waals surface area contributed by atoms with E-state index in [1.165, 1.54) is 11.0 Å². The summed E-state index contributed by atoms with van der Waals surface area (Å²) in [5.74, 6) is -0.154. The van der Waals surface area contributed by atoms with Gasteiger partial charge in [0, 0.05) is 22.8 Å². The van der Waals surface area contributed by atoms with Crippen LogP contribution in [0.25, 0.3) is 11.6 Å². The SMILES string of the molecule is COc1ccc(CN2C(=O)/C(=C\c3ccc(C)c([N+](=O)[O-])c3)c3ccccc3C2=O)cc1. The molecule has 160 valence electrons. The van der Waals surface area contributed by atoms with Crippen molar-refractivity contribution < 1.29 is 19.2 Å². The molecule has 7 nitrogen and oxygen atoms in total. The summed E-state index contributed by atoms with van der Waals surface area (Å²) in [5, 5.41) is 11.3. The van der Waals surface area contributed by atoms with E-state index in [1.54, 1.807) is 80.8 Å². The first kappa shape index (κ1) is 21.0. The predicted octanol–water partition coefficient (Wildman–Crippen LogP) is 4.64. The molecule has 0 atom stereocenters. The summed E-state index contributed by atoms with van der Waals surface area (Å²) in [6.07, 6.45) is 1.60. The zero-order chi connectivity index (χ0) is 22.8. The van der Waals surface area contributed by atoms with Crippen molar-refractivity contribution >= 4 is 29.2 Å². The maximum absolute atomic E-state index is 13.4. The predicted molar refractivity (Wildman–Crippen MR) is 120 cm³/mol. The highest BCUT2D eigenvalue weighted by atomic mass is 16.6. The highest BCUT2D eigenvalue weighted by Gasteiger charge is 2.34. The molecular weight excluding hydrogens is 408 g/mol. The zero-order valence-corrected chi connectivity index (χ0v) is 17.6. The van der Waals surface area contributed by atoms with Gasteiger partial charge >= 0.3 is 0 Å². The number of carbonyl (C=O) groups excluding carboxylic acids is 2. The molecule has 4 rings (SSSR count). The molecular formula is C25H20N2O5. The second-order valence-electron chi connectivity index (χ2n) is 7.45. The van der Waals surface area contributed by atoms with Crippen LogP contribution in [-0.2, 0) is 11.3 Å². The van der Waals surface area contributed by atoms with E-state index in [0.717, 1.165) is 5.56 Å². The lowest BCUT2D eigenvalue weighted by Gasteiger charge is -2.28. The van der Waals surface area contributed by atoms with Crippen molar-refractivity contribution in [3.05, 3.63) is 105 Å². The van der Waals surface area contributed by atoms with Crippen molar-refractivity contribution in [2.45, 2.75) is 13.5 Å². The Balaban J connectivity index is 1.78. The quantitative estimate of drug-likeness (QED) is 0.256. The van der Waals surface area contributed by atoms with Crippen molar-refractivity contribution in [2.24, 2.45) is 0 Å².